The van der Waals surface area contributed by atoms with Crippen molar-refractivity contribution in [2.75, 3.05) is 6.61 Å². The molecule has 0 unspecified atom stereocenters. The Hall–Kier alpha value is -2.63. The van der Waals surface area contributed by atoms with Crippen LogP contribution in [0.2, 0.25) is 0 Å². The van der Waals surface area contributed by atoms with Crippen molar-refractivity contribution in [3.05, 3.63) is 70.8 Å². The normalized spacial score (nSPS) is 12.1. The van der Waals surface area contributed by atoms with Crippen LogP contribution in [0.3, 0.4) is 0 Å². The standard InChI is InChI=1S/C22H28F3N3O4S/c1-16(2)28-33(30,31)14-20-6-4-3-5-19(20)12-27-21(29)26-11-17-7-9-18(10-8-17)13-32-15-22(23,24)25/h3-10,16,28H,11-15H2,1-2H3,(H2,26,27,29). The molecule has 3 N–H and O–H groups in total. The molecule has 0 radical (unpaired) electrons. The summed E-state index contributed by atoms with van der Waals surface area (Å²) in [7, 11) is -3.50. The fourth-order valence-electron chi connectivity index (χ4n) is 2.93. The predicted octanol–water partition coefficient (Wildman–Crippen LogP) is 3.59. The van der Waals surface area contributed by atoms with Crippen molar-refractivity contribution in [2.45, 2.75) is 51.5 Å². The predicted molar refractivity (Wildman–Crippen MR) is 119 cm³/mol. The van der Waals surface area contributed by atoms with Gasteiger partial charge in [0.2, 0.25) is 10.0 Å². The minimum absolute atomic E-state index is 0.148. The fourth-order valence-corrected chi connectivity index (χ4v) is 4.43. The Balaban J connectivity index is 1.82. The number of rotatable bonds is 11. The first-order valence-electron chi connectivity index (χ1n) is 10.2. The monoisotopic (exact) mass is 487 g/mol. The molecule has 0 atom stereocenters. The average molecular weight is 488 g/mol. The van der Waals surface area contributed by atoms with Gasteiger partial charge in [0.1, 0.15) is 6.61 Å². The number of amides is 2. The quantitative estimate of drug-likeness (QED) is 0.451. The van der Waals surface area contributed by atoms with E-state index >= 15 is 0 Å². The zero-order chi connectivity index (χ0) is 24.5. The van der Waals surface area contributed by atoms with E-state index in [1.54, 1.807) is 62.4 Å². The van der Waals surface area contributed by atoms with E-state index in [9.17, 15) is 26.4 Å². The molecule has 2 rings (SSSR count). The lowest BCUT2D eigenvalue weighted by Gasteiger charge is -2.14. The van der Waals surface area contributed by atoms with Crippen molar-refractivity contribution in [1.82, 2.24) is 15.4 Å². The van der Waals surface area contributed by atoms with Crippen LogP contribution in [0.5, 0.6) is 0 Å². The van der Waals surface area contributed by atoms with Crippen molar-refractivity contribution in [1.29, 1.82) is 0 Å². The number of carbonyl (C=O) groups excluding carboxylic acids is 1. The van der Waals surface area contributed by atoms with E-state index in [1.807, 2.05) is 0 Å². The van der Waals surface area contributed by atoms with E-state index in [0.717, 1.165) is 5.56 Å². The van der Waals surface area contributed by atoms with Crippen molar-refractivity contribution >= 4 is 16.1 Å². The number of carbonyl (C=O) groups is 1. The van der Waals surface area contributed by atoms with Gasteiger partial charge in [-0.2, -0.15) is 13.2 Å². The number of sulfonamides is 1. The summed E-state index contributed by atoms with van der Waals surface area (Å²) < 4.78 is 67.9. The van der Waals surface area contributed by atoms with Crippen LogP contribution < -0.4 is 15.4 Å². The minimum atomic E-state index is -4.36. The molecule has 0 fully saturated rings. The third-order valence-corrected chi connectivity index (χ3v) is 5.85. The van der Waals surface area contributed by atoms with E-state index in [0.29, 0.717) is 16.7 Å². The second-order valence-electron chi connectivity index (χ2n) is 7.76. The molecule has 7 nitrogen and oxygen atoms in total. The maximum absolute atomic E-state index is 12.2. The van der Waals surface area contributed by atoms with Crippen molar-refractivity contribution in [2.24, 2.45) is 0 Å². The fraction of sp³-hybridized carbons (Fsp3) is 0.409. The van der Waals surface area contributed by atoms with Gasteiger partial charge in [-0.15, -0.1) is 0 Å². The first-order valence-corrected chi connectivity index (χ1v) is 11.9. The van der Waals surface area contributed by atoms with Gasteiger partial charge < -0.3 is 15.4 Å². The summed E-state index contributed by atoms with van der Waals surface area (Å²) in [5, 5.41) is 5.38. The van der Waals surface area contributed by atoms with Crippen molar-refractivity contribution in [3.8, 4) is 0 Å². The Kier molecular flexibility index (Phi) is 9.69. The summed E-state index contributed by atoms with van der Waals surface area (Å²) in [6, 6.07) is 12.9. The number of hydrogen-bond donors (Lipinski definition) is 3. The maximum Gasteiger partial charge on any atom is 0.411 e. The van der Waals surface area contributed by atoms with Crippen LogP contribution in [0.15, 0.2) is 48.5 Å². The van der Waals surface area contributed by atoms with Gasteiger partial charge in [0.15, 0.2) is 0 Å². The minimum Gasteiger partial charge on any atom is -0.367 e. The summed E-state index contributed by atoms with van der Waals surface area (Å²) in [6.45, 7) is 2.38. The number of urea groups is 1. The van der Waals surface area contributed by atoms with Crippen LogP contribution in [0, 0.1) is 0 Å². The van der Waals surface area contributed by atoms with Gasteiger partial charge in [-0.3, -0.25) is 0 Å². The molecule has 0 bridgehead atoms. The SMILES string of the molecule is CC(C)NS(=O)(=O)Cc1ccccc1CNC(=O)NCc1ccc(COCC(F)(F)F)cc1. The molecular weight excluding hydrogens is 459 g/mol. The first kappa shape index (κ1) is 26.6. The number of nitrogens with one attached hydrogen (secondary N) is 3. The van der Waals surface area contributed by atoms with Crippen LogP contribution in [0.4, 0.5) is 18.0 Å². The number of alkyl halides is 3. The third-order valence-electron chi connectivity index (χ3n) is 4.33. The van der Waals surface area contributed by atoms with Crippen LogP contribution >= 0.6 is 0 Å². The molecule has 33 heavy (non-hydrogen) atoms. The molecule has 2 aromatic carbocycles. The topological polar surface area (TPSA) is 96.5 Å². The van der Waals surface area contributed by atoms with Gasteiger partial charge in [-0.25, -0.2) is 17.9 Å². The Morgan fingerprint density at radius 2 is 1.52 bits per heavy atom. The summed E-state index contributed by atoms with van der Waals surface area (Å²) in [4.78, 5) is 12.2. The smallest absolute Gasteiger partial charge is 0.367 e. The highest BCUT2D eigenvalue weighted by Crippen LogP contribution is 2.16. The lowest BCUT2D eigenvalue weighted by molar-refractivity contribution is -0.176. The molecule has 0 aliphatic rings. The average Bonchev–Trinajstić information content (AvgIpc) is 2.70. The van der Waals surface area contributed by atoms with Gasteiger partial charge >= 0.3 is 12.2 Å². The van der Waals surface area contributed by atoms with E-state index in [1.165, 1.54) is 0 Å². The van der Waals surface area contributed by atoms with E-state index < -0.39 is 28.8 Å². The number of benzene rings is 2. The van der Waals surface area contributed by atoms with Crippen LogP contribution in [0.1, 0.15) is 36.1 Å². The van der Waals surface area contributed by atoms with Crippen LogP contribution in [0.25, 0.3) is 0 Å². The molecule has 2 aromatic rings. The lowest BCUT2D eigenvalue weighted by atomic mass is 10.1. The number of ether oxygens (including phenoxy) is 1. The summed E-state index contributed by atoms with van der Waals surface area (Å²) >= 11 is 0. The van der Waals surface area contributed by atoms with Gasteiger partial charge in [-0.05, 0) is 36.1 Å². The molecule has 182 valence electrons. The highest BCUT2D eigenvalue weighted by molar-refractivity contribution is 7.88. The molecule has 11 heteroatoms. The number of halogens is 3. The molecule has 0 saturated carbocycles. The Morgan fingerprint density at radius 3 is 2.12 bits per heavy atom. The largest absolute Gasteiger partial charge is 0.411 e. The molecule has 0 aliphatic heterocycles. The summed E-state index contributed by atoms with van der Waals surface area (Å²) in [5.41, 5.74) is 2.63. The van der Waals surface area contributed by atoms with Gasteiger partial charge in [0.25, 0.3) is 0 Å². The zero-order valence-corrected chi connectivity index (χ0v) is 19.2. The lowest BCUT2D eigenvalue weighted by Crippen LogP contribution is -2.35. The summed E-state index contributed by atoms with van der Waals surface area (Å²) in [5.74, 6) is -0.191. The molecule has 2 amide bonds. The van der Waals surface area contributed by atoms with E-state index in [-0.39, 0.29) is 31.5 Å². The summed E-state index contributed by atoms with van der Waals surface area (Å²) in [6.07, 6.45) is -4.36. The highest BCUT2D eigenvalue weighted by atomic mass is 32.2. The van der Waals surface area contributed by atoms with E-state index in [4.69, 9.17) is 0 Å². The van der Waals surface area contributed by atoms with Gasteiger partial charge in [0.05, 0.1) is 12.4 Å². The third kappa shape index (κ3) is 10.7. The molecule has 0 saturated heterocycles. The Morgan fingerprint density at radius 1 is 0.939 bits per heavy atom. The van der Waals surface area contributed by atoms with Gasteiger partial charge in [-0.1, -0.05) is 48.5 Å². The molecule has 0 aliphatic carbocycles. The first-order chi connectivity index (χ1) is 15.4. The molecule has 0 spiro atoms. The molecule has 0 aromatic heterocycles. The van der Waals surface area contributed by atoms with Crippen LogP contribution in [-0.2, 0) is 40.2 Å². The van der Waals surface area contributed by atoms with Crippen LogP contribution in [-0.4, -0.2) is 33.3 Å². The second kappa shape index (κ2) is 12.0. The molecule has 0 heterocycles. The Bertz CT molecular complexity index is 1010. The highest BCUT2D eigenvalue weighted by Gasteiger charge is 2.27. The number of hydrogen-bond acceptors (Lipinski definition) is 4. The Labute approximate surface area is 191 Å². The van der Waals surface area contributed by atoms with Crippen molar-refractivity contribution in [3.63, 3.8) is 0 Å². The van der Waals surface area contributed by atoms with E-state index in [2.05, 4.69) is 20.1 Å². The second-order valence-corrected chi connectivity index (χ2v) is 9.51. The zero-order valence-electron chi connectivity index (χ0n) is 18.4. The van der Waals surface area contributed by atoms with Gasteiger partial charge in [0, 0.05) is 19.1 Å². The molecular formula is C22H28F3N3O4S. The van der Waals surface area contributed by atoms with Crippen molar-refractivity contribution < 1.29 is 31.1 Å². The maximum atomic E-state index is 12.2.